The molecule has 194 valence electrons. The minimum atomic E-state index is -0.547. The summed E-state index contributed by atoms with van der Waals surface area (Å²) < 4.78 is 22.4. The first-order valence-electron chi connectivity index (χ1n) is 12.0. The van der Waals surface area contributed by atoms with Crippen LogP contribution in [0.5, 0.6) is 23.0 Å². The smallest absolute Gasteiger partial charge is 0.268 e. The lowest BCUT2D eigenvalue weighted by Gasteiger charge is -2.13. The van der Waals surface area contributed by atoms with Crippen molar-refractivity contribution in [1.82, 2.24) is 10.2 Å². The third-order valence-electron chi connectivity index (χ3n) is 5.04. The molecule has 1 amide bonds. The molecule has 0 fully saturated rings. The minimum Gasteiger partial charge on any atom is -0.497 e. The summed E-state index contributed by atoms with van der Waals surface area (Å²) in [5, 5.41) is 21.5. The Morgan fingerprint density at radius 2 is 1.78 bits per heavy atom. The van der Waals surface area contributed by atoms with E-state index in [1.807, 2.05) is 37.3 Å². The summed E-state index contributed by atoms with van der Waals surface area (Å²) >= 11 is 1.31. The lowest BCUT2D eigenvalue weighted by atomic mass is 10.1. The maximum absolute atomic E-state index is 12.6. The lowest BCUT2D eigenvalue weighted by molar-refractivity contribution is -0.112. The fourth-order valence-corrected chi connectivity index (χ4v) is 3.97. The number of nitrogens with one attached hydrogen (secondary N) is 1. The van der Waals surface area contributed by atoms with Crippen molar-refractivity contribution in [2.24, 2.45) is 0 Å². The van der Waals surface area contributed by atoms with Crippen LogP contribution >= 0.6 is 11.3 Å². The van der Waals surface area contributed by atoms with Crippen LogP contribution in [-0.4, -0.2) is 43.0 Å². The second-order valence-electron chi connectivity index (χ2n) is 7.74. The molecule has 0 spiro atoms. The van der Waals surface area contributed by atoms with Gasteiger partial charge in [-0.1, -0.05) is 30.7 Å². The molecule has 0 unspecified atom stereocenters. The van der Waals surface area contributed by atoms with Gasteiger partial charge in [-0.15, -0.1) is 10.2 Å². The highest BCUT2D eigenvalue weighted by Gasteiger charge is 2.14. The van der Waals surface area contributed by atoms with Gasteiger partial charge in [0.15, 0.2) is 11.5 Å². The van der Waals surface area contributed by atoms with Crippen molar-refractivity contribution < 1.29 is 23.7 Å². The molecule has 1 heterocycles. The molecule has 0 atom stereocenters. The molecule has 0 saturated carbocycles. The fourth-order valence-electron chi connectivity index (χ4n) is 3.20. The van der Waals surface area contributed by atoms with Crippen LogP contribution < -0.4 is 24.3 Å². The third kappa shape index (κ3) is 8.51. The van der Waals surface area contributed by atoms with E-state index in [0.29, 0.717) is 47.8 Å². The van der Waals surface area contributed by atoms with Gasteiger partial charge in [-0.05, 0) is 61.4 Å². The number of carbonyl (C=O) groups is 1. The predicted molar refractivity (Wildman–Crippen MR) is 142 cm³/mol. The van der Waals surface area contributed by atoms with Gasteiger partial charge < -0.3 is 18.9 Å². The Hall–Kier alpha value is -4.10. The highest BCUT2D eigenvalue weighted by atomic mass is 32.1. The van der Waals surface area contributed by atoms with E-state index in [-0.39, 0.29) is 5.57 Å². The third-order valence-corrected chi connectivity index (χ3v) is 5.94. The number of amides is 1. The predicted octanol–water partition coefficient (Wildman–Crippen LogP) is 5.29. The van der Waals surface area contributed by atoms with Crippen molar-refractivity contribution in [2.75, 3.05) is 32.2 Å². The molecule has 9 nitrogen and oxygen atoms in total. The minimum absolute atomic E-state index is 0.0608. The van der Waals surface area contributed by atoms with Crippen molar-refractivity contribution in [3.8, 4) is 29.1 Å². The van der Waals surface area contributed by atoms with Crippen LogP contribution in [0, 0.1) is 11.3 Å². The van der Waals surface area contributed by atoms with E-state index in [9.17, 15) is 10.1 Å². The van der Waals surface area contributed by atoms with Crippen LogP contribution in [0.15, 0.2) is 48.0 Å². The van der Waals surface area contributed by atoms with Gasteiger partial charge in [-0.3, -0.25) is 10.1 Å². The summed E-state index contributed by atoms with van der Waals surface area (Å²) in [5.41, 5.74) is 0.562. The highest BCUT2D eigenvalue weighted by Crippen LogP contribution is 2.30. The number of methoxy groups -OCH3 is 1. The van der Waals surface area contributed by atoms with Crippen LogP contribution in [0.3, 0.4) is 0 Å². The van der Waals surface area contributed by atoms with E-state index in [0.717, 1.165) is 30.0 Å². The molecule has 2 aromatic carbocycles. The molecule has 3 rings (SSSR count). The maximum Gasteiger partial charge on any atom is 0.268 e. The van der Waals surface area contributed by atoms with Gasteiger partial charge in [0.25, 0.3) is 5.91 Å². The number of nitrogens with zero attached hydrogens (tertiary/aromatic N) is 3. The molecule has 0 radical (unpaired) electrons. The van der Waals surface area contributed by atoms with E-state index in [2.05, 4.69) is 22.4 Å². The van der Waals surface area contributed by atoms with Crippen LogP contribution in [-0.2, 0) is 11.2 Å². The Bertz CT molecular complexity index is 1230. The highest BCUT2D eigenvalue weighted by molar-refractivity contribution is 7.15. The summed E-state index contributed by atoms with van der Waals surface area (Å²) in [6.07, 6.45) is 4.36. The van der Waals surface area contributed by atoms with Crippen LogP contribution in [0.4, 0.5) is 5.13 Å². The summed E-state index contributed by atoms with van der Waals surface area (Å²) in [6, 6.07) is 14.5. The number of rotatable bonds is 14. The van der Waals surface area contributed by atoms with Gasteiger partial charge in [-0.2, -0.15) is 5.26 Å². The Labute approximate surface area is 220 Å². The summed E-state index contributed by atoms with van der Waals surface area (Å²) in [7, 11) is 1.61. The van der Waals surface area contributed by atoms with Crippen LogP contribution in [0.1, 0.15) is 37.3 Å². The average Bonchev–Trinajstić information content (AvgIpc) is 3.36. The van der Waals surface area contributed by atoms with Crippen molar-refractivity contribution in [1.29, 1.82) is 5.26 Å². The number of anilines is 1. The molecular weight excluding hydrogens is 492 g/mol. The second kappa shape index (κ2) is 14.5. The fraction of sp³-hybridized carbons (Fsp3) is 0.333. The number of ether oxygens (including phenoxy) is 4. The Morgan fingerprint density at radius 1 is 1.03 bits per heavy atom. The van der Waals surface area contributed by atoms with E-state index >= 15 is 0 Å². The van der Waals surface area contributed by atoms with Gasteiger partial charge in [0.2, 0.25) is 5.13 Å². The number of aromatic nitrogens is 2. The second-order valence-corrected chi connectivity index (χ2v) is 8.80. The lowest BCUT2D eigenvalue weighted by Crippen LogP contribution is -2.13. The quantitative estimate of drug-likeness (QED) is 0.172. The summed E-state index contributed by atoms with van der Waals surface area (Å²) in [5.74, 6) is 1.96. The molecule has 37 heavy (non-hydrogen) atoms. The Balaban J connectivity index is 1.61. The number of hydrogen-bond donors (Lipinski definition) is 1. The number of carbonyl (C=O) groups excluding carboxylic acids is 1. The van der Waals surface area contributed by atoms with E-state index in [4.69, 9.17) is 18.9 Å². The zero-order valence-electron chi connectivity index (χ0n) is 21.2. The number of benzene rings is 2. The first-order chi connectivity index (χ1) is 18.1. The van der Waals surface area contributed by atoms with Gasteiger partial charge in [-0.25, -0.2) is 0 Å². The molecule has 1 aromatic heterocycles. The first-order valence-corrected chi connectivity index (χ1v) is 12.8. The van der Waals surface area contributed by atoms with Crippen molar-refractivity contribution >= 4 is 28.5 Å². The first kappa shape index (κ1) is 27.5. The summed E-state index contributed by atoms with van der Waals surface area (Å²) in [6.45, 7) is 5.03. The average molecular weight is 523 g/mol. The van der Waals surface area contributed by atoms with E-state index in [1.54, 1.807) is 25.3 Å². The zero-order chi connectivity index (χ0) is 26.5. The number of aryl methyl sites for hydroxylation is 1. The van der Waals surface area contributed by atoms with E-state index < -0.39 is 5.91 Å². The van der Waals surface area contributed by atoms with Crippen LogP contribution in [0.2, 0.25) is 0 Å². The summed E-state index contributed by atoms with van der Waals surface area (Å²) in [4.78, 5) is 12.6. The number of nitriles is 1. The van der Waals surface area contributed by atoms with Crippen molar-refractivity contribution in [2.45, 2.75) is 33.1 Å². The van der Waals surface area contributed by atoms with Crippen LogP contribution in [0.25, 0.3) is 6.08 Å². The molecule has 0 aliphatic heterocycles. The monoisotopic (exact) mass is 522 g/mol. The molecule has 1 N–H and O–H groups in total. The normalized spacial score (nSPS) is 10.9. The maximum atomic E-state index is 12.6. The van der Waals surface area contributed by atoms with Crippen molar-refractivity contribution in [3.63, 3.8) is 0 Å². The van der Waals surface area contributed by atoms with Gasteiger partial charge in [0.1, 0.15) is 41.4 Å². The van der Waals surface area contributed by atoms with Gasteiger partial charge >= 0.3 is 0 Å². The molecule has 0 aliphatic rings. The zero-order valence-corrected chi connectivity index (χ0v) is 22.0. The topological polar surface area (TPSA) is 116 Å². The SMILES string of the molecule is CCCCc1nnc(NC(=O)C(C#N)=Cc2ccc(OCCOc3ccc(OC)cc3)c(OCC)c2)s1. The molecule has 3 aromatic rings. The Kier molecular flexibility index (Phi) is 10.7. The largest absolute Gasteiger partial charge is 0.497 e. The molecule has 0 aliphatic carbocycles. The standard InChI is InChI=1S/C27H30N4O5S/c1-4-6-7-25-30-31-27(37-25)29-26(32)20(18-28)16-19-8-13-23(24(17-19)34-5-2)36-15-14-35-22-11-9-21(33-3)10-12-22/h8-13,16-17H,4-7,14-15H2,1-3H3,(H,29,31,32). The molecular formula is C27H30N4O5S. The van der Waals surface area contributed by atoms with E-state index in [1.165, 1.54) is 17.4 Å². The Morgan fingerprint density at radius 3 is 2.49 bits per heavy atom. The molecule has 0 saturated heterocycles. The number of hydrogen-bond acceptors (Lipinski definition) is 9. The number of unbranched alkanes of at least 4 members (excludes halogenated alkanes) is 1. The molecule has 10 heteroatoms. The van der Waals surface area contributed by atoms with Gasteiger partial charge in [0.05, 0.1) is 13.7 Å². The van der Waals surface area contributed by atoms with Crippen molar-refractivity contribution in [3.05, 3.63) is 58.6 Å². The van der Waals surface area contributed by atoms with Gasteiger partial charge in [0, 0.05) is 6.42 Å². The molecule has 0 bridgehead atoms.